The van der Waals surface area contributed by atoms with Crippen LogP contribution < -0.4 is 17.0 Å². The summed E-state index contributed by atoms with van der Waals surface area (Å²) in [4.78, 5) is 11.2. The molecule has 1 heterocycles. The predicted octanol–water partition coefficient (Wildman–Crippen LogP) is -0.396. The van der Waals surface area contributed by atoms with E-state index in [0.29, 0.717) is 0 Å². The number of thioether (sulfide) groups is 1. The van der Waals surface area contributed by atoms with Gasteiger partial charge in [0.1, 0.15) is 6.10 Å². The highest BCUT2D eigenvalue weighted by molar-refractivity contribution is 7.99. The van der Waals surface area contributed by atoms with Crippen molar-refractivity contribution < 1.29 is 9.53 Å². The Bertz CT molecular complexity index is 214. The van der Waals surface area contributed by atoms with Gasteiger partial charge in [0.05, 0.1) is 6.10 Å². The van der Waals surface area contributed by atoms with E-state index in [1.165, 1.54) is 0 Å². The van der Waals surface area contributed by atoms with Gasteiger partial charge < -0.3 is 10.5 Å². The van der Waals surface area contributed by atoms with Gasteiger partial charge in [-0.15, -0.1) is 0 Å². The van der Waals surface area contributed by atoms with Crippen molar-refractivity contribution in [2.24, 2.45) is 11.6 Å². The minimum Gasteiger partial charge on any atom is -0.364 e. The third kappa shape index (κ3) is 4.38. The molecule has 5 nitrogen and oxygen atoms in total. The number of nitrogens with two attached hydrogens (primary N) is 2. The summed E-state index contributed by atoms with van der Waals surface area (Å²) < 4.78 is 5.54. The van der Waals surface area contributed by atoms with Crippen molar-refractivity contribution in [2.75, 3.05) is 11.5 Å². The minimum absolute atomic E-state index is 0.163. The molecule has 15 heavy (non-hydrogen) atoms. The first kappa shape index (κ1) is 12.8. The van der Waals surface area contributed by atoms with Gasteiger partial charge >= 0.3 is 0 Å². The highest BCUT2D eigenvalue weighted by atomic mass is 32.2. The third-order valence-corrected chi connectivity index (χ3v) is 3.60. The van der Waals surface area contributed by atoms with E-state index in [1.54, 1.807) is 11.8 Å². The molecular weight excluding hydrogens is 214 g/mol. The molecule has 0 bridgehead atoms. The van der Waals surface area contributed by atoms with Crippen LogP contribution in [0.2, 0.25) is 0 Å². The number of hydrogen-bond donors (Lipinski definition) is 3. The maximum Gasteiger partial charge on any atom is 0.263 e. The molecule has 0 aromatic heterocycles. The molecule has 0 aromatic rings. The zero-order valence-corrected chi connectivity index (χ0v) is 9.76. The smallest absolute Gasteiger partial charge is 0.263 e. The Kier molecular flexibility index (Phi) is 5.38. The van der Waals surface area contributed by atoms with E-state index in [1.807, 2.05) is 6.92 Å². The zero-order chi connectivity index (χ0) is 11.3. The lowest BCUT2D eigenvalue weighted by atomic mass is 10.2. The Morgan fingerprint density at radius 1 is 1.67 bits per heavy atom. The highest BCUT2D eigenvalue weighted by Gasteiger charge is 2.29. The van der Waals surface area contributed by atoms with Crippen LogP contribution in [0.1, 0.15) is 19.8 Å². The Balaban J connectivity index is 2.16. The summed E-state index contributed by atoms with van der Waals surface area (Å²) in [7, 11) is 0. The van der Waals surface area contributed by atoms with Crippen molar-refractivity contribution in [3.8, 4) is 0 Å². The van der Waals surface area contributed by atoms with E-state index in [9.17, 15) is 4.79 Å². The lowest BCUT2D eigenvalue weighted by molar-refractivity contribution is -0.131. The van der Waals surface area contributed by atoms with Gasteiger partial charge in [0, 0.05) is 17.5 Å². The molecule has 3 atom stereocenters. The summed E-state index contributed by atoms with van der Waals surface area (Å²) in [6.45, 7) is 1.98. The predicted molar refractivity (Wildman–Crippen MR) is 61.2 cm³/mol. The third-order valence-electron chi connectivity index (χ3n) is 2.23. The number of ether oxygens (including phenoxy) is 1. The van der Waals surface area contributed by atoms with Crippen LogP contribution in [0.25, 0.3) is 0 Å². The number of carbonyl (C=O) groups excluding carboxylic acids is 1. The molecule has 6 heteroatoms. The summed E-state index contributed by atoms with van der Waals surface area (Å²) in [5.74, 6) is 6.63. The van der Waals surface area contributed by atoms with Crippen LogP contribution in [0.4, 0.5) is 0 Å². The molecule has 1 rings (SSSR count). The maximum absolute atomic E-state index is 11.2. The first-order valence-corrected chi connectivity index (χ1v) is 6.28. The second-order valence-corrected chi connectivity index (χ2v) is 4.92. The number of amides is 1. The molecular formula is C9H19N3O2S. The number of rotatable bonds is 5. The SMILES string of the molecule is CC(N)CSCC1CCC(C(=O)NN)O1. The molecule has 0 aromatic carbocycles. The Morgan fingerprint density at radius 3 is 3.00 bits per heavy atom. The first-order chi connectivity index (χ1) is 7.13. The number of hydrazine groups is 1. The summed E-state index contributed by atoms with van der Waals surface area (Å²) in [6.07, 6.45) is 1.48. The summed E-state index contributed by atoms with van der Waals surface area (Å²) in [6, 6.07) is 0.208. The van der Waals surface area contributed by atoms with Crippen LogP contribution >= 0.6 is 11.8 Å². The Labute approximate surface area is 94.3 Å². The van der Waals surface area contributed by atoms with E-state index in [2.05, 4.69) is 5.43 Å². The number of carbonyl (C=O) groups is 1. The molecule has 88 valence electrons. The van der Waals surface area contributed by atoms with Crippen LogP contribution in [-0.4, -0.2) is 35.7 Å². The van der Waals surface area contributed by atoms with E-state index < -0.39 is 0 Å². The van der Waals surface area contributed by atoms with Crippen LogP contribution in [0, 0.1) is 0 Å². The standard InChI is InChI=1S/C9H19N3O2S/c1-6(10)4-15-5-7-2-3-8(14-7)9(13)12-11/h6-8H,2-5,10-11H2,1H3,(H,12,13). The fourth-order valence-electron chi connectivity index (χ4n) is 1.50. The molecule has 1 saturated heterocycles. The highest BCUT2D eigenvalue weighted by Crippen LogP contribution is 2.22. The molecule has 1 aliphatic rings. The lowest BCUT2D eigenvalue weighted by Gasteiger charge is -2.12. The van der Waals surface area contributed by atoms with Crippen molar-refractivity contribution in [3.05, 3.63) is 0 Å². The second-order valence-electron chi connectivity index (χ2n) is 3.85. The van der Waals surface area contributed by atoms with Gasteiger partial charge in [-0.25, -0.2) is 5.84 Å². The van der Waals surface area contributed by atoms with Crippen LogP contribution in [0.3, 0.4) is 0 Å². The summed E-state index contributed by atoms with van der Waals surface area (Å²) in [5.41, 5.74) is 7.74. The van der Waals surface area contributed by atoms with E-state index in [4.69, 9.17) is 16.3 Å². The largest absolute Gasteiger partial charge is 0.364 e. The summed E-state index contributed by atoms with van der Waals surface area (Å²) >= 11 is 1.77. The van der Waals surface area contributed by atoms with Crippen LogP contribution in [0.5, 0.6) is 0 Å². The average Bonchev–Trinajstić information content (AvgIpc) is 2.65. The van der Waals surface area contributed by atoms with Gasteiger partial charge in [0.25, 0.3) is 5.91 Å². The van der Waals surface area contributed by atoms with E-state index >= 15 is 0 Å². The number of hydrogen-bond acceptors (Lipinski definition) is 5. The van der Waals surface area contributed by atoms with Crippen molar-refractivity contribution in [2.45, 2.75) is 38.0 Å². The van der Waals surface area contributed by atoms with Crippen LogP contribution in [0.15, 0.2) is 0 Å². The number of nitrogens with one attached hydrogen (secondary N) is 1. The normalized spacial score (nSPS) is 27.7. The molecule has 5 N–H and O–H groups in total. The quantitative estimate of drug-likeness (QED) is 0.342. The van der Waals surface area contributed by atoms with Gasteiger partial charge in [-0.1, -0.05) is 0 Å². The molecule has 1 amide bonds. The average molecular weight is 233 g/mol. The topological polar surface area (TPSA) is 90.4 Å². The van der Waals surface area contributed by atoms with Gasteiger partial charge in [-0.3, -0.25) is 10.2 Å². The summed E-state index contributed by atoms with van der Waals surface area (Å²) in [5, 5.41) is 0. The molecule has 1 aliphatic heterocycles. The lowest BCUT2D eigenvalue weighted by Crippen LogP contribution is -2.39. The Morgan fingerprint density at radius 2 is 2.40 bits per heavy atom. The van der Waals surface area contributed by atoms with Gasteiger partial charge in [0.2, 0.25) is 0 Å². The molecule has 0 radical (unpaired) electrons. The monoisotopic (exact) mass is 233 g/mol. The second kappa shape index (κ2) is 6.32. The fraction of sp³-hybridized carbons (Fsp3) is 0.889. The van der Waals surface area contributed by atoms with E-state index in [0.717, 1.165) is 24.3 Å². The fourth-order valence-corrected chi connectivity index (χ4v) is 2.52. The molecule has 1 fully saturated rings. The van der Waals surface area contributed by atoms with Gasteiger partial charge in [-0.05, 0) is 19.8 Å². The van der Waals surface area contributed by atoms with Crippen molar-refractivity contribution in [3.63, 3.8) is 0 Å². The van der Waals surface area contributed by atoms with Crippen molar-refractivity contribution in [1.82, 2.24) is 5.43 Å². The molecule has 0 saturated carbocycles. The van der Waals surface area contributed by atoms with Crippen molar-refractivity contribution >= 4 is 17.7 Å². The van der Waals surface area contributed by atoms with Gasteiger partial charge in [-0.2, -0.15) is 11.8 Å². The minimum atomic E-state index is -0.365. The first-order valence-electron chi connectivity index (χ1n) is 5.12. The maximum atomic E-state index is 11.2. The van der Waals surface area contributed by atoms with Crippen LogP contribution in [-0.2, 0) is 9.53 Å². The molecule has 3 unspecified atom stereocenters. The zero-order valence-electron chi connectivity index (χ0n) is 8.94. The molecule has 0 spiro atoms. The van der Waals surface area contributed by atoms with E-state index in [-0.39, 0.29) is 24.2 Å². The molecule has 0 aliphatic carbocycles. The Hall–Kier alpha value is -0.300. The van der Waals surface area contributed by atoms with Gasteiger partial charge in [0.15, 0.2) is 0 Å². The van der Waals surface area contributed by atoms with Crippen molar-refractivity contribution in [1.29, 1.82) is 0 Å².